The van der Waals surface area contributed by atoms with Crippen LogP contribution in [-0.2, 0) is 20.8 Å². The Labute approximate surface area is 244 Å². The van der Waals surface area contributed by atoms with Gasteiger partial charge in [0.15, 0.2) is 18.2 Å². The molecule has 0 saturated heterocycles. The van der Waals surface area contributed by atoms with Gasteiger partial charge in [0.25, 0.3) is 0 Å². The first-order chi connectivity index (χ1) is 19.6. The number of nitrogens with one attached hydrogen (secondary N) is 4. The van der Waals surface area contributed by atoms with Crippen LogP contribution >= 0.6 is 0 Å². The van der Waals surface area contributed by atoms with E-state index in [9.17, 15) is 29.1 Å². The molecule has 0 fully saturated rings. The third-order valence-corrected chi connectivity index (χ3v) is 5.70. The zero-order chi connectivity index (χ0) is 31.2. The standard InChI is InChI=1S/C29H37N5O8/c1-28(2,3)41-26(39)32-12-10-30-19-7-8-20(31-11-13-33-27(40)42-29(4,5)6)23-22(19)24(37)17-9-14-34(16-21(35)36)15-18(17)25(23)38/h7-9,14-15H,10-13,16H2,1-6H3,(H4,32,33,35,36,37,39,40)/p+1. The van der Waals surface area contributed by atoms with Crippen LogP contribution in [0.15, 0.2) is 30.6 Å². The fourth-order valence-electron chi connectivity index (χ4n) is 4.16. The normalized spacial score (nSPS) is 12.5. The number of carbonyl (C=O) groups is 5. The summed E-state index contributed by atoms with van der Waals surface area (Å²) in [7, 11) is 0. The Kier molecular flexibility index (Phi) is 9.76. The predicted octanol–water partition coefficient (Wildman–Crippen LogP) is 2.71. The van der Waals surface area contributed by atoms with Gasteiger partial charge in [0, 0.05) is 49.2 Å². The van der Waals surface area contributed by atoms with Gasteiger partial charge in [-0.25, -0.2) is 14.4 Å². The van der Waals surface area contributed by atoms with Crippen LogP contribution in [0.25, 0.3) is 0 Å². The lowest BCUT2D eigenvalue weighted by Crippen LogP contribution is -2.40. The predicted molar refractivity (Wildman–Crippen MR) is 153 cm³/mol. The van der Waals surface area contributed by atoms with Crippen molar-refractivity contribution < 1.29 is 43.1 Å². The largest absolute Gasteiger partial charge is 0.477 e. The molecule has 0 aliphatic heterocycles. The van der Waals surface area contributed by atoms with E-state index < -0.39 is 40.9 Å². The highest BCUT2D eigenvalue weighted by Gasteiger charge is 2.36. The number of ether oxygens (including phenoxy) is 2. The van der Waals surface area contributed by atoms with Crippen molar-refractivity contribution in [2.45, 2.75) is 59.3 Å². The van der Waals surface area contributed by atoms with Gasteiger partial charge >= 0.3 is 18.2 Å². The molecule has 0 bridgehead atoms. The summed E-state index contributed by atoms with van der Waals surface area (Å²) >= 11 is 0. The van der Waals surface area contributed by atoms with E-state index in [1.165, 1.54) is 23.0 Å². The zero-order valence-electron chi connectivity index (χ0n) is 24.7. The maximum absolute atomic E-state index is 13.8. The molecule has 0 unspecified atom stereocenters. The maximum Gasteiger partial charge on any atom is 0.407 e. The molecule has 0 spiro atoms. The summed E-state index contributed by atoms with van der Waals surface area (Å²) in [4.78, 5) is 62.6. The molecular formula is C29H38N5O8+. The van der Waals surface area contributed by atoms with E-state index in [4.69, 9.17) is 9.47 Å². The Balaban J connectivity index is 1.84. The second-order valence-electron chi connectivity index (χ2n) is 11.6. The molecule has 1 aromatic heterocycles. The van der Waals surface area contributed by atoms with Gasteiger partial charge < -0.3 is 35.8 Å². The average molecular weight is 585 g/mol. The van der Waals surface area contributed by atoms with Crippen LogP contribution < -0.4 is 25.8 Å². The first kappa shape index (κ1) is 31.8. The van der Waals surface area contributed by atoms with Crippen molar-refractivity contribution in [1.29, 1.82) is 0 Å². The number of aliphatic carboxylic acids is 1. The number of hydrogen-bond acceptors (Lipinski definition) is 9. The van der Waals surface area contributed by atoms with Gasteiger partial charge in [-0.05, 0) is 53.7 Å². The van der Waals surface area contributed by atoms with Crippen LogP contribution in [0.2, 0.25) is 0 Å². The quantitative estimate of drug-likeness (QED) is 0.176. The molecule has 1 aromatic carbocycles. The summed E-state index contributed by atoms with van der Waals surface area (Å²) < 4.78 is 11.8. The summed E-state index contributed by atoms with van der Waals surface area (Å²) in [6, 6.07) is 4.72. The fraction of sp³-hybridized carbons (Fsp3) is 0.448. The van der Waals surface area contributed by atoms with Crippen LogP contribution in [0, 0.1) is 0 Å². The number of pyridine rings is 1. The number of anilines is 2. The molecule has 2 aromatic rings. The molecule has 0 radical (unpaired) electrons. The molecule has 13 heteroatoms. The summed E-state index contributed by atoms with van der Waals surface area (Å²) in [6.45, 7) is 11.0. The number of carboxylic acids is 1. The number of rotatable bonds is 10. The van der Waals surface area contributed by atoms with Crippen molar-refractivity contribution in [3.05, 3.63) is 52.8 Å². The SMILES string of the molecule is CC(C)(C)OC(=O)NCCNc1ccc(NCCNC(=O)OC(C)(C)C)c2c1C(=O)c1cc[n+](CC(=O)O)cc1C2=O. The van der Waals surface area contributed by atoms with Crippen LogP contribution in [0.5, 0.6) is 0 Å². The third-order valence-electron chi connectivity index (χ3n) is 5.70. The molecule has 1 heterocycles. The number of carbonyl (C=O) groups excluding carboxylic acids is 4. The molecule has 226 valence electrons. The van der Waals surface area contributed by atoms with E-state index in [1.807, 2.05) is 0 Å². The Bertz CT molecular complexity index is 1390. The topological polar surface area (TPSA) is 176 Å². The third kappa shape index (κ3) is 8.66. The van der Waals surface area contributed by atoms with E-state index in [2.05, 4.69) is 21.3 Å². The van der Waals surface area contributed by atoms with Gasteiger partial charge in [0.2, 0.25) is 12.3 Å². The van der Waals surface area contributed by atoms with E-state index in [0.29, 0.717) is 11.4 Å². The van der Waals surface area contributed by atoms with Crippen molar-refractivity contribution in [2.24, 2.45) is 0 Å². The summed E-state index contributed by atoms with van der Waals surface area (Å²) in [6.07, 6.45) is 1.62. The number of aromatic nitrogens is 1. The van der Waals surface area contributed by atoms with Crippen LogP contribution in [0.1, 0.15) is 73.4 Å². The second kappa shape index (κ2) is 12.9. The monoisotopic (exact) mass is 584 g/mol. The number of benzene rings is 1. The molecule has 13 nitrogen and oxygen atoms in total. The minimum atomic E-state index is -1.10. The number of carboxylic acid groups (broad SMARTS) is 1. The lowest BCUT2D eigenvalue weighted by Gasteiger charge is -2.24. The van der Waals surface area contributed by atoms with Gasteiger partial charge in [-0.3, -0.25) is 9.59 Å². The summed E-state index contributed by atoms with van der Waals surface area (Å²) in [5.74, 6) is -1.97. The minimum Gasteiger partial charge on any atom is -0.477 e. The minimum absolute atomic E-state index is 0.0786. The van der Waals surface area contributed by atoms with Crippen molar-refractivity contribution >= 4 is 41.1 Å². The van der Waals surface area contributed by atoms with E-state index in [0.717, 1.165) is 0 Å². The molecule has 1 aliphatic carbocycles. The number of fused-ring (bicyclic) bond motifs is 2. The van der Waals surface area contributed by atoms with E-state index >= 15 is 0 Å². The number of ketones is 2. The molecule has 0 atom stereocenters. The van der Waals surface area contributed by atoms with Crippen molar-refractivity contribution in [1.82, 2.24) is 10.6 Å². The number of hydrogen-bond donors (Lipinski definition) is 5. The van der Waals surface area contributed by atoms with E-state index in [1.54, 1.807) is 53.7 Å². The summed E-state index contributed by atoms with van der Waals surface area (Å²) in [5, 5.41) is 20.7. The van der Waals surface area contributed by atoms with Crippen LogP contribution in [-0.4, -0.2) is 72.2 Å². The molecule has 5 N–H and O–H groups in total. The van der Waals surface area contributed by atoms with Crippen LogP contribution in [0.3, 0.4) is 0 Å². The van der Waals surface area contributed by atoms with E-state index in [-0.39, 0.29) is 55.0 Å². The van der Waals surface area contributed by atoms with Crippen molar-refractivity contribution in [3.8, 4) is 0 Å². The highest BCUT2D eigenvalue weighted by Crippen LogP contribution is 2.36. The average Bonchev–Trinajstić information content (AvgIpc) is 2.85. The van der Waals surface area contributed by atoms with Crippen LogP contribution in [0.4, 0.5) is 21.0 Å². The van der Waals surface area contributed by atoms with Gasteiger partial charge in [0.05, 0.1) is 16.7 Å². The smallest absolute Gasteiger partial charge is 0.407 e. The molecular weight excluding hydrogens is 546 g/mol. The number of amides is 2. The highest BCUT2D eigenvalue weighted by atomic mass is 16.6. The molecule has 2 amide bonds. The molecule has 42 heavy (non-hydrogen) atoms. The number of nitrogens with zero attached hydrogens (tertiary/aromatic N) is 1. The lowest BCUT2D eigenvalue weighted by molar-refractivity contribution is -0.685. The van der Waals surface area contributed by atoms with Gasteiger partial charge in [-0.15, -0.1) is 0 Å². The number of alkyl carbamates (subject to hydrolysis) is 2. The first-order valence-electron chi connectivity index (χ1n) is 13.5. The Hall–Kier alpha value is -4.68. The zero-order valence-corrected chi connectivity index (χ0v) is 24.7. The highest BCUT2D eigenvalue weighted by molar-refractivity contribution is 6.31. The maximum atomic E-state index is 13.8. The van der Waals surface area contributed by atoms with Gasteiger partial charge in [-0.2, -0.15) is 4.57 Å². The van der Waals surface area contributed by atoms with Gasteiger partial charge in [0.1, 0.15) is 11.2 Å². The van der Waals surface area contributed by atoms with Crippen molar-refractivity contribution in [3.63, 3.8) is 0 Å². The lowest BCUT2D eigenvalue weighted by atomic mass is 9.83. The molecule has 3 rings (SSSR count). The van der Waals surface area contributed by atoms with Crippen molar-refractivity contribution in [2.75, 3.05) is 36.8 Å². The van der Waals surface area contributed by atoms with Gasteiger partial charge in [-0.1, -0.05) is 0 Å². The molecule has 0 saturated carbocycles. The first-order valence-corrected chi connectivity index (χ1v) is 13.5. The Morgan fingerprint density at radius 3 is 1.62 bits per heavy atom. The Morgan fingerprint density at radius 1 is 0.738 bits per heavy atom. The summed E-state index contributed by atoms with van der Waals surface area (Å²) in [5.41, 5.74) is -0.0632. The fourth-order valence-corrected chi connectivity index (χ4v) is 4.16. The Morgan fingerprint density at radius 2 is 1.19 bits per heavy atom. The second-order valence-corrected chi connectivity index (χ2v) is 11.6. The molecule has 1 aliphatic rings.